The lowest BCUT2D eigenvalue weighted by Gasteiger charge is -2.20. The summed E-state index contributed by atoms with van der Waals surface area (Å²) in [6.07, 6.45) is 0. The molecule has 0 aliphatic rings. The molecule has 1 N–H and O–H groups in total. The minimum atomic E-state index is -0.174. The van der Waals surface area contributed by atoms with Gasteiger partial charge in [-0.05, 0) is 39.8 Å². The summed E-state index contributed by atoms with van der Waals surface area (Å²) in [5.74, 6) is -0.0203. The van der Waals surface area contributed by atoms with Gasteiger partial charge in [0.2, 0.25) is 0 Å². The molecule has 2 aromatic carbocycles. The molecule has 0 saturated heterocycles. The van der Waals surface area contributed by atoms with Crippen molar-refractivity contribution in [2.75, 3.05) is 0 Å². The molecule has 0 saturated carbocycles. The van der Waals surface area contributed by atoms with Gasteiger partial charge in [0.25, 0.3) is 5.91 Å². The number of benzene rings is 2. The lowest BCUT2D eigenvalue weighted by Crippen LogP contribution is -2.40. The number of hydrogen-bond donors (Lipinski definition) is 1. The first-order valence-corrected chi connectivity index (χ1v) is 6.78. The molecule has 0 atom stereocenters. The third-order valence-corrected chi connectivity index (χ3v) is 2.46. The average molecular weight is 269 g/mol. The fraction of sp³-hybridized carbons (Fsp3) is 0.278. The van der Waals surface area contributed by atoms with Gasteiger partial charge in [-0.25, -0.2) is 0 Å². The quantitative estimate of drug-likeness (QED) is 0.825. The number of aryl methyl sites for hydroxylation is 1. The second-order valence-corrected chi connectivity index (χ2v) is 5.72. The molecular weight excluding hydrogens is 246 g/mol. The maximum Gasteiger partial charge on any atom is 0.251 e. The van der Waals surface area contributed by atoms with Crippen LogP contribution in [0, 0.1) is 6.92 Å². The Kier molecular flexibility index (Phi) is 5.98. The van der Waals surface area contributed by atoms with Crippen molar-refractivity contribution in [3.8, 4) is 0 Å². The van der Waals surface area contributed by atoms with E-state index in [0.29, 0.717) is 5.56 Å². The maximum absolute atomic E-state index is 11.5. The number of nitrogens with one attached hydrogen (secondary N) is 1. The van der Waals surface area contributed by atoms with E-state index in [1.165, 1.54) is 5.56 Å². The summed E-state index contributed by atoms with van der Waals surface area (Å²) < 4.78 is 0. The molecule has 0 spiro atoms. The molecule has 0 fully saturated rings. The van der Waals surface area contributed by atoms with Gasteiger partial charge in [0.05, 0.1) is 0 Å². The van der Waals surface area contributed by atoms with Crippen molar-refractivity contribution in [1.82, 2.24) is 5.32 Å². The van der Waals surface area contributed by atoms with Crippen LogP contribution >= 0.6 is 0 Å². The van der Waals surface area contributed by atoms with Crippen molar-refractivity contribution in [2.45, 2.75) is 33.2 Å². The zero-order chi connectivity index (χ0) is 15.0. The van der Waals surface area contributed by atoms with Gasteiger partial charge in [-0.1, -0.05) is 54.1 Å². The lowest BCUT2D eigenvalue weighted by atomic mass is 10.1. The van der Waals surface area contributed by atoms with Crippen molar-refractivity contribution in [3.63, 3.8) is 0 Å². The van der Waals surface area contributed by atoms with Crippen LogP contribution in [0.5, 0.6) is 0 Å². The molecule has 106 valence electrons. The van der Waals surface area contributed by atoms with E-state index in [1.54, 1.807) is 12.1 Å². The number of rotatable bonds is 1. The van der Waals surface area contributed by atoms with Crippen LogP contribution in [-0.4, -0.2) is 11.4 Å². The number of carbonyl (C=O) groups excluding carboxylic acids is 1. The van der Waals surface area contributed by atoms with E-state index in [0.717, 1.165) is 0 Å². The smallest absolute Gasteiger partial charge is 0.251 e. The molecule has 2 nitrogen and oxygen atoms in total. The summed E-state index contributed by atoms with van der Waals surface area (Å²) in [6, 6.07) is 19.5. The SMILES string of the molecule is CC(C)(C)NC(=O)c1ccccc1.Cc1ccccc1. The molecule has 2 aromatic rings. The van der Waals surface area contributed by atoms with Crippen LogP contribution in [-0.2, 0) is 0 Å². The second-order valence-electron chi connectivity index (χ2n) is 5.72. The molecule has 0 aromatic heterocycles. The van der Waals surface area contributed by atoms with E-state index in [2.05, 4.69) is 24.4 Å². The van der Waals surface area contributed by atoms with Crippen LogP contribution in [0.2, 0.25) is 0 Å². The Balaban J connectivity index is 0.000000240. The van der Waals surface area contributed by atoms with E-state index in [1.807, 2.05) is 57.2 Å². The van der Waals surface area contributed by atoms with Gasteiger partial charge in [0.1, 0.15) is 0 Å². The first-order chi connectivity index (χ1) is 9.38. The van der Waals surface area contributed by atoms with Crippen LogP contribution < -0.4 is 5.32 Å². The molecule has 0 bridgehead atoms. The highest BCUT2D eigenvalue weighted by Gasteiger charge is 2.14. The van der Waals surface area contributed by atoms with Crippen molar-refractivity contribution in [1.29, 1.82) is 0 Å². The van der Waals surface area contributed by atoms with E-state index in [-0.39, 0.29) is 11.4 Å². The summed E-state index contributed by atoms with van der Waals surface area (Å²) in [4.78, 5) is 11.5. The summed E-state index contributed by atoms with van der Waals surface area (Å²) in [5.41, 5.74) is 1.85. The van der Waals surface area contributed by atoms with Crippen LogP contribution in [0.4, 0.5) is 0 Å². The highest BCUT2D eigenvalue weighted by molar-refractivity contribution is 5.94. The molecule has 0 heterocycles. The highest BCUT2D eigenvalue weighted by atomic mass is 16.1. The topological polar surface area (TPSA) is 29.1 Å². The summed E-state index contributed by atoms with van der Waals surface area (Å²) in [6.45, 7) is 7.98. The Morgan fingerprint density at radius 2 is 1.30 bits per heavy atom. The van der Waals surface area contributed by atoms with Gasteiger partial charge in [0, 0.05) is 11.1 Å². The third kappa shape index (κ3) is 6.74. The Morgan fingerprint density at radius 1 is 0.850 bits per heavy atom. The summed E-state index contributed by atoms with van der Waals surface area (Å²) in [5, 5.41) is 2.90. The van der Waals surface area contributed by atoms with Gasteiger partial charge < -0.3 is 5.32 Å². The van der Waals surface area contributed by atoms with E-state index in [9.17, 15) is 4.79 Å². The van der Waals surface area contributed by atoms with Crippen molar-refractivity contribution in [3.05, 3.63) is 71.8 Å². The summed E-state index contributed by atoms with van der Waals surface area (Å²) in [7, 11) is 0. The van der Waals surface area contributed by atoms with Crippen LogP contribution in [0.1, 0.15) is 36.7 Å². The predicted octanol–water partition coefficient (Wildman–Crippen LogP) is 4.21. The van der Waals surface area contributed by atoms with E-state index < -0.39 is 0 Å². The lowest BCUT2D eigenvalue weighted by molar-refractivity contribution is 0.0919. The van der Waals surface area contributed by atoms with E-state index >= 15 is 0 Å². The third-order valence-electron chi connectivity index (χ3n) is 2.46. The summed E-state index contributed by atoms with van der Waals surface area (Å²) >= 11 is 0. The minimum absolute atomic E-state index is 0.0203. The molecule has 0 aliphatic heterocycles. The maximum atomic E-state index is 11.5. The first kappa shape index (κ1) is 16.0. The van der Waals surface area contributed by atoms with Crippen LogP contribution in [0.25, 0.3) is 0 Å². The van der Waals surface area contributed by atoms with Crippen LogP contribution in [0.3, 0.4) is 0 Å². The standard InChI is InChI=1S/C11H15NO.C7H8/c1-11(2,3)12-10(13)9-7-5-4-6-8-9;1-7-5-3-2-4-6-7/h4-8H,1-3H3,(H,12,13);2-6H,1H3. The number of carbonyl (C=O) groups is 1. The van der Waals surface area contributed by atoms with Gasteiger partial charge in [0.15, 0.2) is 0 Å². The number of hydrogen-bond acceptors (Lipinski definition) is 1. The molecule has 2 rings (SSSR count). The minimum Gasteiger partial charge on any atom is -0.347 e. The highest BCUT2D eigenvalue weighted by Crippen LogP contribution is 2.03. The van der Waals surface area contributed by atoms with Gasteiger partial charge >= 0.3 is 0 Å². The Bertz CT molecular complexity index is 512. The van der Waals surface area contributed by atoms with Crippen LogP contribution in [0.15, 0.2) is 60.7 Å². The Labute approximate surface area is 121 Å². The van der Waals surface area contributed by atoms with Gasteiger partial charge in [-0.2, -0.15) is 0 Å². The molecule has 0 radical (unpaired) electrons. The van der Waals surface area contributed by atoms with Crippen molar-refractivity contribution >= 4 is 5.91 Å². The van der Waals surface area contributed by atoms with Crippen molar-refractivity contribution in [2.24, 2.45) is 0 Å². The zero-order valence-corrected chi connectivity index (χ0v) is 12.7. The Morgan fingerprint density at radius 3 is 1.65 bits per heavy atom. The molecule has 0 aliphatic carbocycles. The Hall–Kier alpha value is -2.09. The van der Waals surface area contributed by atoms with Gasteiger partial charge in [-0.3, -0.25) is 4.79 Å². The van der Waals surface area contributed by atoms with Crippen molar-refractivity contribution < 1.29 is 4.79 Å². The largest absolute Gasteiger partial charge is 0.347 e. The fourth-order valence-corrected chi connectivity index (χ4v) is 1.54. The zero-order valence-electron chi connectivity index (χ0n) is 12.7. The molecular formula is C18H23NO. The molecule has 0 unspecified atom stereocenters. The second kappa shape index (κ2) is 7.49. The number of amides is 1. The molecule has 2 heteroatoms. The normalized spacial score (nSPS) is 10.2. The monoisotopic (exact) mass is 269 g/mol. The first-order valence-electron chi connectivity index (χ1n) is 6.78. The molecule has 1 amide bonds. The van der Waals surface area contributed by atoms with Gasteiger partial charge in [-0.15, -0.1) is 0 Å². The predicted molar refractivity (Wildman–Crippen MR) is 84.8 cm³/mol. The average Bonchev–Trinajstić information content (AvgIpc) is 2.39. The molecule has 20 heavy (non-hydrogen) atoms. The van der Waals surface area contributed by atoms with E-state index in [4.69, 9.17) is 0 Å². The fourth-order valence-electron chi connectivity index (χ4n) is 1.54.